The van der Waals surface area contributed by atoms with E-state index in [4.69, 9.17) is 0 Å². The molecule has 22 heavy (non-hydrogen) atoms. The van der Waals surface area contributed by atoms with Crippen LogP contribution in [0.3, 0.4) is 0 Å². The van der Waals surface area contributed by atoms with Gasteiger partial charge in [0.25, 0.3) is 0 Å². The number of nitrogens with zero attached hydrogens (tertiary/aromatic N) is 1. The lowest BCUT2D eigenvalue weighted by molar-refractivity contribution is -0.125. The van der Waals surface area contributed by atoms with Crippen LogP contribution in [0.1, 0.15) is 28.6 Å². The monoisotopic (exact) mass is 315 g/mol. The van der Waals surface area contributed by atoms with Gasteiger partial charge in [0.2, 0.25) is 11.8 Å². The smallest absolute Gasteiger partial charge is 0.232 e. The Labute approximate surface area is 132 Å². The number of hydrogen-bond acceptors (Lipinski definition) is 4. The number of anilines is 1. The molecule has 0 radical (unpaired) electrons. The highest BCUT2D eigenvalue weighted by atomic mass is 32.1. The Balaban J connectivity index is 1.53. The molecule has 2 amide bonds. The molecule has 2 heterocycles. The van der Waals surface area contributed by atoms with Gasteiger partial charge in [0.1, 0.15) is 0 Å². The summed E-state index contributed by atoms with van der Waals surface area (Å²) in [7, 11) is 0. The molecule has 0 bridgehead atoms. The van der Waals surface area contributed by atoms with Gasteiger partial charge in [0.15, 0.2) is 0 Å². The van der Waals surface area contributed by atoms with E-state index in [-0.39, 0.29) is 18.2 Å². The number of carbonyl (C=O) groups is 2. The average molecular weight is 315 g/mol. The summed E-state index contributed by atoms with van der Waals surface area (Å²) < 4.78 is 0. The van der Waals surface area contributed by atoms with Gasteiger partial charge < -0.3 is 10.6 Å². The minimum Gasteiger partial charge on any atom is -0.356 e. The summed E-state index contributed by atoms with van der Waals surface area (Å²) in [5, 5.41) is 8.70. The highest BCUT2D eigenvalue weighted by Gasteiger charge is 2.31. The topological polar surface area (TPSA) is 71.1 Å². The molecule has 6 heteroatoms. The van der Waals surface area contributed by atoms with Crippen molar-refractivity contribution in [3.05, 3.63) is 45.9 Å². The molecule has 114 valence electrons. The van der Waals surface area contributed by atoms with Gasteiger partial charge in [-0.15, -0.1) is 11.3 Å². The first-order valence-corrected chi connectivity index (χ1v) is 8.09. The molecule has 1 atom stereocenters. The molecule has 5 nitrogen and oxygen atoms in total. The fraction of sp³-hybridized carbons (Fsp3) is 0.312. The highest BCUT2D eigenvalue weighted by Crippen LogP contribution is 2.34. The Morgan fingerprint density at radius 2 is 2.23 bits per heavy atom. The first-order valence-electron chi connectivity index (χ1n) is 7.21. The van der Waals surface area contributed by atoms with E-state index in [9.17, 15) is 9.59 Å². The normalized spacial score (nSPS) is 16.2. The van der Waals surface area contributed by atoms with E-state index in [0.29, 0.717) is 13.0 Å². The summed E-state index contributed by atoms with van der Waals surface area (Å²) >= 11 is 1.61. The Bertz CT molecular complexity index is 711. The molecule has 0 fully saturated rings. The van der Waals surface area contributed by atoms with E-state index in [1.165, 1.54) is 0 Å². The number of hydrogen-bond donors (Lipinski definition) is 2. The van der Waals surface area contributed by atoms with Crippen molar-refractivity contribution in [1.82, 2.24) is 10.3 Å². The van der Waals surface area contributed by atoms with Crippen LogP contribution in [-0.2, 0) is 16.0 Å². The zero-order valence-electron chi connectivity index (χ0n) is 12.3. The number of aryl methyl sites for hydroxylation is 1. The molecule has 1 aromatic heterocycles. The zero-order valence-corrected chi connectivity index (χ0v) is 13.1. The lowest BCUT2D eigenvalue weighted by atomic mass is 9.97. The summed E-state index contributed by atoms with van der Waals surface area (Å²) in [4.78, 5) is 28.4. The molecule has 1 aromatic carbocycles. The molecule has 2 N–H and O–H groups in total. The van der Waals surface area contributed by atoms with Gasteiger partial charge in [-0.1, -0.05) is 18.2 Å². The van der Waals surface area contributed by atoms with Crippen LogP contribution in [0.25, 0.3) is 0 Å². The van der Waals surface area contributed by atoms with Crippen molar-refractivity contribution >= 4 is 28.8 Å². The van der Waals surface area contributed by atoms with E-state index in [2.05, 4.69) is 15.6 Å². The molecule has 0 saturated heterocycles. The van der Waals surface area contributed by atoms with Crippen LogP contribution in [0.4, 0.5) is 5.69 Å². The second-order valence-electron chi connectivity index (χ2n) is 5.29. The number of fused-ring (bicyclic) bond motifs is 1. The largest absolute Gasteiger partial charge is 0.356 e. The average Bonchev–Trinajstić information content (AvgIpc) is 3.03. The lowest BCUT2D eigenvalue weighted by Gasteiger charge is -2.09. The van der Waals surface area contributed by atoms with E-state index in [1.807, 2.05) is 36.6 Å². The Morgan fingerprint density at radius 3 is 3.00 bits per heavy atom. The van der Waals surface area contributed by atoms with Gasteiger partial charge >= 0.3 is 0 Å². The second-order valence-corrected chi connectivity index (χ2v) is 6.35. The summed E-state index contributed by atoms with van der Waals surface area (Å²) in [6.07, 6.45) is 0.891. The van der Waals surface area contributed by atoms with Crippen molar-refractivity contribution in [2.24, 2.45) is 0 Å². The van der Waals surface area contributed by atoms with E-state index in [0.717, 1.165) is 22.0 Å². The summed E-state index contributed by atoms with van der Waals surface area (Å²) in [6.45, 7) is 2.50. The van der Waals surface area contributed by atoms with Crippen LogP contribution in [-0.4, -0.2) is 23.3 Å². The van der Waals surface area contributed by atoms with Crippen molar-refractivity contribution in [1.29, 1.82) is 0 Å². The Hall–Kier alpha value is -2.21. The minimum absolute atomic E-state index is 0.105. The third kappa shape index (κ3) is 3.17. The molecule has 0 saturated carbocycles. The first kappa shape index (κ1) is 14.7. The molecule has 2 aromatic rings. The fourth-order valence-corrected chi connectivity index (χ4v) is 3.24. The van der Waals surface area contributed by atoms with Crippen LogP contribution in [0.5, 0.6) is 0 Å². The van der Waals surface area contributed by atoms with Crippen molar-refractivity contribution in [2.45, 2.75) is 25.7 Å². The predicted molar refractivity (Wildman–Crippen MR) is 86.0 cm³/mol. The van der Waals surface area contributed by atoms with Gasteiger partial charge in [-0.3, -0.25) is 9.59 Å². The maximum Gasteiger partial charge on any atom is 0.232 e. The van der Waals surface area contributed by atoms with Gasteiger partial charge in [-0.2, -0.15) is 0 Å². The summed E-state index contributed by atoms with van der Waals surface area (Å²) in [5.41, 5.74) is 2.70. The molecule has 1 aliphatic heterocycles. The molecular formula is C16H17N3O2S. The summed E-state index contributed by atoms with van der Waals surface area (Å²) in [6, 6.07) is 7.50. The molecule has 3 rings (SSSR count). The van der Waals surface area contributed by atoms with Crippen LogP contribution in [0, 0.1) is 6.92 Å². The molecular weight excluding hydrogens is 298 g/mol. The molecule has 0 unspecified atom stereocenters. The van der Waals surface area contributed by atoms with Gasteiger partial charge in [0, 0.05) is 30.5 Å². The highest BCUT2D eigenvalue weighted by molar-refractivity contribution is 7.09. The van der Waals surface area contributed by atoms with Crippen molar-refractivity contribution in [2.75, 3.05) is 11.9 Å². The number of rotatable bonds is 5. The SMILES string of the molecule is Cc1nc(CCNC(=O)C[C@@H]2C(=O)Nc3ccccc32)cs1. The number of thiazole rings is 1. The van der Waals surface area contributed by atoms with E-state index < -0.39 is 5.92 Å². The number of nitrogens with one attached hydrogen (secondary N) is 2. The number of carbonyl (C=O) groups excluding carboxylic acids is 2. The number of para-hydroxylation sites is 1. The van der Waals surface area contributed by atoms with Crippen molar-refractivity contribution in [3.8, 4) is 0 Å². The Morgan fingerprint density at radius 1 is 1.41 bits per heavy atom. The summed E-state index contributed by atoms with van der Waals surface area (Å²) in [5.74, 6) is -0.604. The second kappa shape index (κ2) is 6.27. The maximum atomic E-state index is 12.0. The van der Waals surface area contributed by atoms with Crippen LogP contribution < -0.4 is 10.6 Å². The first-order chi connectivity index (χ1) is 10.6. The van der Waals surface area contributed by atoms with Crippen LogP contribution >= 0.6 is 11.3 Å². The molecule has 0 spiro atoms. The lowest BCUT2D eigenvalue weighted by Crippen LogP contribution is -2.28. The number of aromatic nitrogens is 1. The third-order valence-electron chi connectivity index (χ3n) is 3.67. The fourth-order valence-electron chi connectivity index (χ4n) is 2.59. The third-order valence-corrected chi connectivity index (χ3v) is 4.49. The van der Waals surface area contributed by atoms with E-state index >= 15 is 0 Å². The molecule has 0 aliphatic carbocycles. The zero-order chi connectivity index (χ0) is 15.5. The van der Waals surface area contributed by atoms with Gasteiger partial charge in [0.05, 0.1) is 16.6 Å². The van der Waals surface area contributed by atoms with Crippen molar-refractivity contribution < 1.29 is 9.59 Å². The number of amides is 2. The maximum absolute atomic E-state index is 12.0. The van der Waals surface area contributed by atoms with Gasteiger partial charge in [-0.05, 0) is 18.6 Å². The Kier molecular flexibility index (Phi) is 4.20. The van der Waals surface area contributed by atoms with Gasteiger partial charge in [-0.25, -0.2) is 4.98 Å². The van der Waals surface area contributed by atoms with E-state index in [1.54, 1.807) is 11.3 Å². The predicted octanol–water partition coefficient (Wildman–Crippen LogP) is 2.24. The van der Waals surface area contributed by atoms with Crippen LogP contribution in [0.15, 0.2) is 29.6 Å². The molecule has 1 aliphatic rings. The standard InChI is InChI=1S/C16H17N3O2S/c1-10-18-11(9-22-10)6-7-17-15(20)8-13-12-4-2-3-5-14(12)19-16(13)21/h2-5,9,13H,6-8H2,1H3,(H,17,20)(H,19,21)/t13-/m0/s1. The quantitative estimate of drug-likeness (QED) is 0.889. The minimum atomic E-state index is -0.391. The van der Waals surface area contributed by atoms with Crippen molar-refractivity contribution in [3.63, 3.8) is 0 Å². The number of benzene rings is 1. The van der Waals surface area contributed by atoms with Crippen LogP contribution in [0.2, 0.25) is 0 Å².